The predicted molar refractivity (Wildman–Crippen MR) is 92.3 cm³/mol. The summed E-state index contributed by atoms with van der Waals surface area (Å²) in [6.45, 7) is -0.304. The first kappa shape index (κ1) is 18.2. The first-order valence-corrected chi connectivity index (χ1v) is 7.41. The van der Waals surface area contributed by atoms with Crippen molar-refractivity contribution in [3.8, 4) is 11.5 Å². The largest absolute Gasteiger partial charge is 0.490 e. The van der Waals surface area contributed by atoms with E-state index in [1.165, 1.54) is 19.2 Å². The van der Waals surface area contributed by atoms with Crippen LogP contribution in [0.3, 0.4) is 0 Å². The molecule has 0 aliphatic rings. The van der Waals surface area contributed by atoms with E-state index in [0.717, 1.165) is 6.21 Å². The molecule has 0 aliphatic carbocycles. The molecule has 0 atom stereocenters. The van der Waals surface area contributed by atoms with Crippen molar-refractivity contribution in [3.63, 3.8) is 0 Å². The third kappa shape index (κ3) is 4.92. The van der Waals surface area contributed by atoms with Gasteiger partial charge in [0.05, 0.1) is 28.8 Å². The van der Waals surface area contributed by atoms with Gasteiger partial charge in [-0.15, -0.1) is 0 Å². The Morgan fingerprint density at radius 3 is 2.68 bits per heavy atom. The first-order valence-electron chi connectivity index (χ1n) is 7.03. The molecule has 8 nitrogen and oxygen atoms in total. The lowest BCUT2D eigenvalue weighted by Crippen LogP contribution is -2.24. The van der Waals surface area contributed by atoms with Crippen molar-refractivity contribution in [2.45, 2.75) is 0 Å². The van der Waals surface area contributed by atoms with Gasteiger partial charge < -0.3 is 9.47 Å². The Morgan fingerprint density at radius 1 is 1.28 bits per heavy atom. The molecule has 2 rings (SSSR count). The van der Waals surface area contributed by atoms with Gasteiger partial charge in [-0.2, -0.15) is 5.10 Å². The minimum absolute atomic E-state index is 0.0994. The van der Waals surface area contributed by atoms with Crippen molar-refractivity contribution in [2.75, 3.05) is 13.7 Å². The summed E-state index contributed by atoms with van der Waals surface area (Å²) in [6, 6.07) is 11.2. The zero-order chi connectivity index (χ0) is 18.2. The number of nitrogens with zero attached hydrogens (tertiary/aromatic N) is 2. The van der Waals surface area contributed by atoms with Gasteiger partial charge in [0.1, 0.15) is 5.75 Å². The molecule has 2 aromatic rings. The summed E-state index contributed by atoms with van der Waals surface area (Å²) < 4.78 is 10.2. The second-order valence-corrected chi connectivity index (χ2v) is 5.07. The van der Waals surface area contributed by atoms with Crippen molar-refractivity contribution in [1.29, 1.82) is 0 Å². The maximum absolute atomic E-state index is 11.7. The van der Waals surface area contributed by atoms with Gasteiger partial charge in [-0.3, -0.25) is 14.9 Å². The summed E-state index contributed by atoms with van der Waals surface area (Å²) in [5.74, 6) is -0.0734. The third-order valence-corrected chi connectivity index (χ3v) is 3.33. The SMILES string of the molecule is COc1cccc(/C=N/NC(=O)COc2ccccc2Cl)c1[N+](=O)[O-]. The molecule has 0 bridgehead atoms. The number of nitro groups is 1. The number of amides is 1. The van der Waals surface area contributed by atoms with Crippen LogP contribution in [-0.2, 0) is 4.79 Å². The molecule has 25 heavy (non-hydrogen) atoms. The van der Waals surface area contributed by atoms with Gasteiger partial charge in [0, 0.05) is 0 Å². The van der Waals surface area contributed by atoms with Crippen LogP contribution in [0.1, 0.15) is 5.56 Å². The molecule has 0 aliphatic heterocycles. The predicted octanol–water partition coefficient (Wildman–Crippen LogP) is 2.79. The number of carbonyl (C=O) groups is 1. The van der Waals surface area contributed by atoms with Crippen LogP contribution in [0.15, 0.2) is 47.6 Å². The number of nitro benzene ring substituents is 1. The maximum atomic E-state index is 11.7. The molecule has 2 aromatic carbocycles. The number of carbonyl (C=O) groups excluding carboxylic acids is 1. The zero-order valence-electron chi connectivity index (χ0n) is 13.1. The van der Waals surface area contributed by atoms with Crippen molar-refractivity contribution in [1.82, 2.24) is 5.43 Å². The standard InChI is InChI=1S/C16H14ClN3O5/c1-24-14-8-4-5-11(16(14)20(22)23)9-18-19-15(21)10-25-13-7-3-2-6-12(13)17/h2-9H,10H2,1H3,(H,19,21)/b18-9+. The number of hydrazone groups is 1. The van der Waals surface area contributed by atoms with Gasteiger partial charge in [-0.1, -0.05) is 29.8 Å². The summed E-state index contributed by atoms with van der Waals surface area (Å²) in [6.07, 6.45) is 1.16. The molecule has 0 heterocycles. The number of nitrogens with one attached hydrogen (secondary N) is 1. The zero-order valence-corrected chi connectivity index (χ0v) is 13.9. The molecular formula is C16H14ClN3O5. The van der Waals surface area contributed by atoms with E-state index in [9.17, 15) is 14.9 Å². The van der Waals surface area contributed by atoms with E-state index in [1.54, 1.807) is 30.3 Å². The number of para-hydroxylation sites is 2. The van der Waals surface area contributed by atoms with Crippen molar-refractivity contribution in [3.05, 3.63) is 63.2 Å². The van der Waals surface area contributed by atoms with E-state index in [-0.39, 0.29) is 23.6 Å². The Morgan fingerprint density at radius 2 is 2.00 bits per heavy atom. The Kier molecular flexibility index (Phi) is 6.30. The summed E-state index contributed by atoms with van der Waals surface area (Å²) >= 11 is 5.91. The van der Waals surface area contributed by atoms with Crippen LogP contribution in [-0.4, -0.2) is 30.8 Å². The van der Waals surface area contributed by atoms with E-state index >= 15 is 0 Å². The summed E-state index contributed by atoms with van der Waals surface area (Å²) in [7, 11) is 1.33. The fraction of sp³-hybridized carbons (Fsp3) is 0.125. The van der Waals surface area contributed by atoms with Gasteiger partial charge in [-0.05, 0) is 24.3 Å². The monoisotopic (exact) mass is 363 g/mol. The third-order valence-electron chi connectivity index (χ3n) is 3.02. The van der Waals surface area contributed by atoms with Gasteiger partial charge in [0.25, 0.3) is 5.91 Å². The van der Waals surface area contributed by atoms with Crippen LogP contribution in [0.25, 0.3) is 0 Å². The van der Waals surface area contributed by atoms with Crippen LogP contribution >= 0.6 is 11.6 Å². The van der Waals surface area contributed by atoms with E-state index in [0.29, 0.717) is 10.8 Å². The summed E-state index contributed by atoms with van der Waals surface area (Å²) in [4.78, 5) is 22.3. The summed E-state index contributed by atoms with van der Waals surface area (Å²) in [5.41, 5.74) is 2.17. The average molecular weight is 364 g/mol. The molecule has 0 fully saturated rings. The number of hydrogen-bond acceptors (Lipinski definition) is 6. The molecule has 9 heteroatoms. The summed E-state index contributed by atoms with van der Waals surface area (Å²) in [5, 5.41) is 15.2. The maximum Gasteiger partial charge on any atom is 0.319 e. The number of rotatable bonds is 7. The molecule has 130 valence electrons. The molecule has 0 aromatic heterocycles. The normalized spacial score (nSPS) is 10.5. The van der Waals surface area contributed by atoms with Crippen molar-refractivity contribution in [2.24, 2.45) is 5.10 Å². The topological polar surface area (TPSA) is 103 Å². The van der Waals surface area contributed by atoms with E-state index in [1.807, 2.05) is 0 Å². The van der Waals surface area contributed by atoms with Crippen molar-refractivity contribution >= 4 is 29.4 Å². The lowest BCUT2D eigenvalue weighted by Gasteiger charge is -2.06. The molecule has 1 N–H and O–H groups in total. The number of methoxy groups -OCH3 is 1. The highest BCUT2D eigenvalue weighted by Gasteiger charge is 2.19. The highest BCUT2D eigenvalue weighted by Crippen LogP contribution is 2.29. The van der Waals surface area contributed by atoms with Crippen LogP contribution in [0.5, 0.6) is 11.5 Å². The van der Waals surface area contributed by atoms with E-state index < -0.39 is 10.8 Å². The Bertz CT molecular complexity index is 810. The van der Waals surface area contributed by atoms with Crippen LogP contribution < -0.4 is 14.9 Å². The van der Waals surface area contributed by atoms with Crippen LogP contribution in [0, 0.1) is 10.1 Å². The van der Waals surface area contributed by atoms with E-state index in [4.69, 9.17) is 21.1 Å². The molecule has 0 saturated heterocycles. The number of halogens is 1. The average Bonchev–Trinajstić information content (AvgIpc) is 2.60. The first-order chi connectivity index (χ1) is 12.0. The van der Waals surface area contributed by atoms with Gasteiger partial charge in [0.15, 0.2) is 12.4 Å². The van der Waals surface area contributed by atoms with Crippen LogP contribution in [0.2, 0.25) is 5.02 Å². The van der Waals surface area contributed by atoms with Gasteiger partial charge in [0.2, 0.25) is 0 Å². The fourth-order valence-corrected chi connectivity index (χ4v) is 2.11. The number of ether oxygens (including phenoxy) is 2. The minimum Gasteiger partial charge on any atom is -0.490 e. The van der Waals surface area contributed by atoms with Gasteiger partial charge >= 0.3 is 5.69 Å². The second kappa shape index (κ2) is 8.65. The molecule has 0 unspecified atom stereocenters. The Labute approximate surface area is 148 Å². The Balaban J connectivity index is 1.98. The van der Waals surface area contributed by atoms with Crippen LogP contribution in [0.4, 0.5) is 5.69 Å². The Hall–Kier alpha value is -3.13. The fourth-order valence-electron chi connectivity index (χ4n) is 1.91. The highest BCUT2D eigenvalue weighted by molar-refractivity contribution is 6.32. The minimum atomic E-state index is -0.581. The second-order valence-electron chi connectivity index (χ2n) is 4.67. The molecule has 1 amide bonds. The smallest absolute Gasteiger partial charge is 0.319 e. The quantitative estimate of drug-likeness (QED) is 0.463. The molecule has 0 spiro atoms. The molecule has 0 radical (unpaired) electrons. The highest BCUT2D eigenvalue weighted by atomic mass is 35.5. The lowest BCUT2D eigenvalue weighted by atomic mass is 10.2. The lowest BCUT2D eigenvalue weighted by molar-refractivity contribution is -0.385. The van der Waals surface area contributed by atoms with E-state index in [2.05, 4.69) is 10.5 Å². The number of benzene rings is 2. The number of hydrogen-bond donors (Lipinski definition) is 1. The van der Waals surface area contributed by atoms with Crippen molar-refractivity contribution < 1.29 is 19.2 Å². The van der Waals surface area contributed by atoms with Gasteiger partial charge in [-0.25, -0.2) is 5.43 Å². The molecule has 0 saturated carbocycles. The molecular weight excluding hydrogens is 350 g/mol.